The molecule has 0 radical (unpaired) electrons. The van der Waals surface area contributed by atoms with E-state index in [4.69, 9.17) is 4.74 Å². The molecule has 0 aromatic heterocycles. The minimum atomic E-state index is 0.310. The Morgan fingerprint density at radius 2 is 2.00 bits per heavy atom. The van der Waals surface area contributed by atoms with Crippen LogP contribution >= 0.6 is 0 Å². The van der Waals surface area contributed by atoms with Gasteiger partial charge in [0.25, 0.3) is 0 Å². The minimum absolute atomic E-state index is 0.310. The first-order valence-electron chi connectivity index (χ1n) is 6.96. The third-order valence-electron chi connectivity index (χ3n) is 4.54. The van der Waals surface area contributed by atoms with Crippen LogP contribution in [0, 0.1) is 17.8 Å². The third kappa shape index (κ3) is 2.82. The molecule has 0 aliphatic heterocycles. The van der Waals surface area contributed by atoms with Crippen LogP contribution in [0.5, 0.6) is 0 Å². The molecule has 2 rings (SSSR count). The van der Waals surface area contributed by atoms with Crippen molar-refractivity contribution in [3.8, 4) is 0 Å². The normalized spacial score (nSPS) is 32.1. The summed E-state index contributed by atoms with van der Waals surface area (Å²) in [4.78, 5) is 14.5. The van der Waals surface area contributed by atoms with Gasteiger partial charge in [-0.1, -0.05) is 6.92 Å². The highest BCUT2D eigenvalue weighted by Gasteiger charge is 2.48. The molecule has 2 aliphatic carbocycles. The Bertz CT molecular complexity index is 269. The van der Waals surface area contributed by atoms with Crippen LogP contribution < -0.4 is 0 Å². The number of fused-ring (bicyclic) bond motifs is 1. The number of carbonyl (C=O) groups is 1. The molecule has 17 heavy (non-hydrogen) atoms. The SMILES string of the molecule is CCC(C)N(CCOC)C(=O)C1CC2CC2C1. The van der Waals surface area contributed by atoms with E-state index in [0.717, 1.165) is 37.6 Å². The Hall–Kier alpha value is -0.570. The molecule has 0 spiro atoms. The van der Waals surface area contributed by atoms with Gasteiger partial charge in [0.15, 0.2) is 0 Å². The predicted octanol–water partition coefficient (Wildman–Crippen LogP) is 2.31. The summed E-state index contributed by atoms with van der Waals surface area (Å²) >= 11 is 0. The molecule has 0 heterocycles. The first-order chi connectivity index (χ1) is 8.17. The number of rotatable bonds is 6. The standard InChI is InChI=1S/C14H25NO2/c1-4-10(2)15(5-6-17-3)14(16)13-8-11-7-12(11)9-13/h10-13H,4-9H2,1-3H3. The second-order valence-corrected chi connectivity index (χ2v) is 5.71. The Morgan fingerprint density at radius 3 is 2.53 bits per heavy atom. The predicted molar refractivity (Wildman–Crippen MR) is 67.7 cm³/mol. The van der Waals surface area contributed by atoms with Crippen molar-refractivity contribution in [2.24, 2.45) is 17.8 Å². The van der Waals surface area contributed by atoms with E-state index in [1.807, 2.05) is 4.90 Å². The number of hydrogen-bond acceptors (Lipinski definition) is 2. The topological polar surface area (TPSA) is 29.5 Å². The van der Waals surface area contributed by atoms with Gasteiger partial charge in [-0.25, -0.2) is 0 Å². The quantitative estimate of drug-likeness (QED) is 0.712. The number of methoxy groups -OCH3 is 1. The van der Waals surface area contributed by atoms with Crippen molar-refractivity contribution in [2.75, 3.05) is 20.3 Å². The Morgan fingerprint density at radius 1 is 1.35 bits per heavy atom. The molecule has 3 unspecified atom stereocenters. The molecule has 2 saturated carbocycles. The minimum Gasteiger partial charge on any atom is -0.383 e. The van der Waals surface area contributed by atoms with E-state index < -0.39 is 0 Å². The highest BCUT2D eigenvalue weighted by molar-refractivity contribution is 5.79. The van der Waals surface area contributed by atoms with E-state index in [9.17, 15) is 4.79 Å². The van der Waals surface area contributed by atoms with Gasteiger partial charge in [0.2, 0.25) is 5.91 Å². The number of amides is 1. The van der Waals surface area contributed by atoms with Crippen molar-refractivity contribution < 1.29 is 9.53 Å². The lowest BCUT2D eigenvalue weighted by Gasteiger charge is -2.31. The van der Waals surface area contributed by atoms with E-state index in [0.29, 0.717) is 24.5 Å². The van der Waals surface area contributed by atoms with E-state index in [1.165, 1.54) is 6.42 Å². The fraction of sp³-hybridized carbons (Fsp3) is 0.929. The lowest BCUT2D eigenvalue weighted by molar-refractivity contribution is -0.138. The smallest absolute Gasteiger partial charge is 0.226 e. The summed E-state index contributed by atoms with van der Waals surface area (Å²) in [6, 6.07) is 0.342. The summed E-state index contributed by atoms with van der Waals surface area (Å²) in [6.45, 7) is 5.68. The summed E-state index contributed by atoms with van der Waals surface area (Å²) in [7, 11) is 1.70. The molecule has 2 aliphatic rings. The van der Waals surface area contributed by atoms with Crippen molar-refractivity contribution in [3.05, 3.63) is 0 Å². The fourth-order valence-electron chi connectivity index (χ4n) is 3.11. The largest absolute Gasteiger partial charge is 0.383 e. The van der Waals surface area contributed by atoms with Crippen molar-refractivity contribution in [2.45, 2.75) is 45.6 Å². The van der Waals surface area contributed by atoms with Crippen LogP contribution in [0.3, 0.4) is 0 Å². The zero-order chi connectivity index (χ0) is 12.4. The maximum absolute atomic E-state index is 12.5. The molecular formula is C14H25NO2. The Kier molecular flexibility index (Phi) is 4.08. The summed E-state index contributed by atoms with van der Waals surface area (Å²) in [5.41, 5.74) is 0. The van der Waals surface area contributed by atoms with Crippen molar-refractivity contribution in [1.82, 2.24) is 4.90 Å². The Balaban J connectivity index is 1.91. The van der Waals surface area contributed by atoms with Crippen LogP contribution in [-0.4, -0.2) is 37.1 Å². The molecule has 0 aromatic rings. The molecule has 0 bridgehead atoms. The van der Waals surface area contributed by atoms with Crippen molar-refractivity contribution >= 4 is 5.91 Å². The zero-order valence-corrected chi connectivity index (χ0v) is 11.3. The molecule has 3 nitrogen and oxygen atoms in total. The first kappa shape index (κ1) is 12.9. The zero-order valence-electron chi connectivity index (χ0n) is 11.3. The number of hydrogen-bond donors (Lipinski definition) is 0. The van der Waals surface area contributed by atoms with Crippen molar-refractivity contribution in [3.63, 3.8) is 0 Å². The molecule has 0 saturated heterocycles. The number of carbonyl (C=O) groups excluding carboxylic acids is 1. The molecule has 1 amide bonds. The van der Waals surface area contributed by atoms with E-state index in [2.05, 4.69) is 13.8 Å². The van der Waals surface area contributed by atoms with Crippen LogP contribution in [0.25, 0.3) is 0 Å². The van der Waals surface area contributed by atoms with Gasteiger partial charge in [0.05, 0.1) is 6.61 Å². The molecular weight excluding hydrogens is 214 g/mol. The lowest BCUT2D eigenvalue weighted by atomic mass is 10.0. The second-order valence-electron chi connectivity index (χ2n) is 5.71. The highest BCUT2D eigenvalue weighted by atomic mass is 16.5. The average Bonchev–Trinajstić information content (AvgIpc) is 2.95. The van der Waals surface area contributed by atoms with Crippen LogP contribution in [-0.2, 0) is 9.53 Å². The maximum Gasteiger partial charge on any atom is 0.226 e. The van der Waals surface area contributed by atoms with Crippen LogP contribution in [0.2, 0.25) is 0 Å². The van der Waals surface area contributed by atoms with Gasteiger partial charge < -0.3 is 9.64 Å². The van der Waals surface area contributed by atoms with Gasteiger partial charge in [-0.3, -0.25) is 4.79 Å². The van der Waals surface area contributed by atoms with Crippen molar-refractivity contribution in [1.29, 1.82) is 0 Å². The maximum atomic E-state index is 12.5. The molecule has 3 atom stereocenters. The first-order valence-corrected chi connectivity index (χ1v) is 6.96. The van der Waals surface area contributed by atoms with Gasteiger partial charge in [-0.05, 0) is 44.4 Å². The monoisotopic (exact) mass is 239 g/mol. The van der Waals surface area contributed by atoms with Crippen LogP contribution in [0.1, 0.15) is 39.5 Å². The second kappa shape index (κ2) is 5.38. The lowest BCUT2D eigenvalue weighted by Crippen LogP contribution is -2.43. The number of ether oxygens (including phenoxy) is 1. The number of nitrogens with zero attached hydrogens (tertiary/aromatic N) is 1. The summed E-state index contributed by atoms with van der Waals surface area (Å²) < 4.78 is 5.12. The van der Waals surface area contributed by atoms with Gasteiger partial charge >= 0.3 is 0 Å². The summed E-state index contributed by atoms with van der Waals surface area (Å²) in [6.07, 6.45) is 4.69. The Labute approximate surface area is 105 Å². The molecule has 3 heteroatoms. The van der Waals surface area contributed by atoms with Crippen LogP contribution in [0.15, 0.2) is 0 Å². The molecule has 98 valence electrons. The van der Waals surface area contributed by atoms with E-state index in [-0.39, 0.29) is 0 Å². The van der Waals surface area contributed by atoms with E-state index in [1.54, 1.807) is 7.11 Å². The van der Waals surface area contributed by atoms with E-state index >= 15 is 0 Å². The molecule has 0 aromatic carbocycles. The van der Waals surface area contributed by atoms with Gasteiger partial charge in [-0.2, -0.15) is 0 Å². The summed E-state index contributed by atoms with van der Waals surface area (Å²) in [5, 5.41) is 0. The molecule has 0 N–H and O–H groups in total. The third-order valence-corrected chi connectivity index (χ3v) is 4.54. The van der Waals surface area contributed by atoms with Gasteiger partial charge in [0.1, 0.15) is 0 Å². The van der Waals surface area contributed by atoms with Gasteiger partial charge in [-0.15, -0.1) is 0 Å². The fourth-order valence-corrected chi connectivity index (χ4v) is 3.11. The summed E-state index contributed by atoms with van der Waals surface area (Å²) in [5.74, 6) is 2.45. The van der Waals surface area contributed by atoms with Crippen LogP contribution in [0.4, 0.5) is 0 Å². The molecule has 2 fully saturated rings. The average molecular weight is 239 g/mol. The highest BCUT2D eigenvalue weighted by Crippen LogP contribution is 2.54. The van der Waals surface area contributed by atoms with Gasteiger partial charge in [0, 0.05) is 25.6 Å².